The molecule has 0 aliphatic carbocycles. The number of nitrogens with zero attached hydrogens (tertiary/aromatic N) is 2. The van der Waals surface area contributed by atoms with E-state index in [9.17, 15) is 22.2 Å². The van der Waals surface area contributed by atoms with Crippen molar-refractivity contribution in [2.24, 2.45) is 5.92 Å². The van der Waals surface area contributed by atoms with Gasteiger partial charge in [-0.3, -0.25) is 9.52 Å². The molecular weight excluding hydrogens is 459 g/mol. The largest absolute Gasteiger partial charge is 0.573 e. The van der Waals surface area contributed by atoms with Crippen LogP contribution in [0.5, 0.6) is 11.6 Å². The topological polar surface area (TPSA) is 80.8 Å². The number of nitrogens with one attached hydrogen (secondary N) is 1. The SMILES string of the molecule is C[C@H]1C[C@@H]2COc3ncc(NS(=O)c4cc(Cl)ccc4OC(F)(F)F)cc3C(=O)N2C1. The van der Waals surface area contributed by atoms with Crippen molar-refractivity contribution < 1.29 is 31.6 Å². The predicted octanol–water partition coefficient (Wildman–Crippen LogP) is 4.01. The molecule has 1 unspecified atom stereocenters. The molecule has 1 fully saturated rings. The van der Waals surface area contributed by atoms with Crippen LogP contribution >= 0.6 is 11.6 Å². The number of halogens is 4. The lowest BCUT2D eigenvalue weighted by atomic mass is 10.1. The number of hydrogen-bond donors (Lipinski definition) is 1. The Kier molecular flexibility index (Phi) is 5.73. The van der Waals surface area contributed by atoms with E-state index >= 15 is 0 Å². The molecule has 2 aromatic rings. The highest BCUT2D eigenvalue weighted by Crippen LogP contribution is 2.34. The van der Waals surface area contributed by atoms with Crippen molar-refractivity contribution in [1.82, 2.24) is 9.88 Å². The molecule has 3 atom stereocenters. The molecule has 12 heteroatoms. The van der Waals surface area contributed by atoms with Crippen LogP contribution in [0, 0.1) is 5.92 Å². The number of amides is 1. The summed E-state index contributed by atoms with van der Waals surface area (Å²) < 4.78 is 62.9. The Labute approximate surface area is 183 Å². The van der Waals surface area contributed by atoms with E-state index in [0.29, 0.717) is 19.1 Å². The second kappa shape index (κ2) is 8.19. The minimum atomic E-state index is -4.97. The van der Waals surface area contributed by atoms with E-state index in [1.165, 1.54) is 18.3 Å². The first-order valence-electron chi connectivity index (χ1n) is 9.28. The molecule has 0 radical (unpaired) electrons. The van der Waals surface area contributed by atoms with E-state index in [2.05, 4.69) is 14.4 Å². The van der Waals surface area contributed by atoms with E-state index in [1.807, 2.05) is 6.92 Å². The van der Waals surface area contributed by atoms with Gasteiger partial charge in [-0.1, -0.05) is 18.5 Å². The Morgan fingerprint density at radius 1 is 1.35 bits per heavy atom. The summed E-state index contributed by atoms with van der Waals surface area (Å²) in [6.45, 7) is 2.97. The number of hydrogen-bond acceptors (Lipinski definition) is 5. The minimum Gasteiger partial charge on any atom is -0.475 e. The normalized spacial score (nSPS) is 21.6. The molecule has 0 saturated carbocycles. The van der Waals surface area contributed by atoms with Gasteiger partial charge in [0.2, 0.25) is 5.88 Å². The van der Waals surface area contributed by atoms with Crippen molar-refractivity contribution in [2.75, 3.05) is 17.9 Å². The van der Waals surface area contributed by atoms with Crippen LogP contribution in [0.15, 0.2) is 35.4 Å². The second-order valence-electron chi connectivity index (χ2n) is 7.35. The lowest BCUT2D eigenvalue weighted by Crippen LogP contribution is -2.36. The highest BCUT2D eigenvalue weighted by Gasteiger charge is 2.38. The summed E-state index contributed by atoms with van der Waals surface area (Å²) in [5.41, 5.74) is 0.356. The van der Waals surface area contributed by atoms with Crippen LogP contribution in [-0.4, -0.2) is 45.6 Å². The average Bonchev–Trinajstić information content (AvgIpc) is 3.01. The van der Waals surface area contributed by atoms with Gasteiger partial charge in [-0.05, 0) is 36.6 Å². The molecule has 0 spiro atoms. The predicted molar refractivity (Wildman–Crippen MR) is 107 cm³/mol. The summed E-state index contributed by atoms with van der Waals surface area (Å²) in [5.74, 6) is -0.408. The van der Waals surface area contributed by atoms with E-state index in [-0.39, 0.29) is 39.0 Å². The van der Waals surface area contributed by atoms with Gasteiger partial charge in [0.15, 0.2) is 11.0 Å². The average molecular weight is 476 g/mol. The number of rotatable bonds is 4. The third-order valence-electron chi connectivity index (χ3n) is 4.92. The van der Waals surface area contributed by atoms with Crippen LogP contribution in [0.3, 0.4) is 0 Å². The third-order valence-corrected chi connectivity index (χ3v) is 6.29. The maximum Gasteiger partial charge on any atom is 0.573 e. The fraction of sp³-hybridized carbons (Fsp3) is 0.368. The number of alkyl halides is 3. The van der Waals surface area contributed by atoms with Gasteiger partial charge in [0.25, 0.3) is 5.91 Å². The van der Waals surface area contributed by atoms with Crippen LogP contribution < -0.4 is 14.2 Å². The molecule has 2 aliphatic rings. The number of benzene rings is 1. The zero-order valence-electron chi connectivity index (χ0n) is 16.1. The van der Waals surface area contributed by atoms with Crippen LogP contribution in [0.4, 0.5) is 18.9 Å². The fourth-order valence-corrected chi connectivity index (χ4v) is 4.86. The van der Waals surface area contributed by atoms with Crippen LogP contribution in [0.1, 0.15) is 23.7 Å². The molecule has 1 aromatic heterocycles. The van der Waals surface area contributed by atoms with Crippen molar-refractivity contribution in [3.05, 3.63) is 41.0 Å². The molecular formula is C19H17ClF3N3O4S. The zero-order valence-corrected chi connectivity index (χ0v) is 17.7. The summed E-state index contributed by atoms with van der Waals surface area (Å²) in [5, 5.41) is 0.0810. The summed E-state index contributed by atoms with van der Waals surface area (Å²) in [4.78, 5) is 18.5. The molecule has 1 amide bonds. The van der Waals surface area contributed by atoms with Gasteiger partial charge in [-0.2, -0.15) is 0 Å². The van der Waals surface area contributed by atoms with Crippen molar-refractivity contribution in [2.45, 2.75) is 30.6 Å². The quantitative estimate of drug-likeness (QED) is 0.722. The van der Waals surface area contributed by atoms with Gasteiger partial charge in [-0.15, -0.1) is 13.2 Å². The molecule has 4 rings (SSSR count). The lowest BCUT2D eigenvalue weighted by molar-refractivity contribution is -0.275. The Bertz CT molecular complexity index is 1050. The molecule has 3 heterocycles. The number of carbonyl (C=O) groups is 1. The van der Waals surface area contributed by atoms with Gasteiger partial charge in [0.1, 0.15) is 22.8 Å². The Morgan fingerprint density at radius 3 is 2.87 bits per heavy atom. The van der Waals surface area contributed by atoms with Gasteiger partial charge in [0.05, 0.1) is 17.9 Å². The first-order chi connectivity index (χ1) is 14.6. The van der Waals surface area contributed by atoms with Crippen LogP contribution in [-0.2, 0) is 11.0 Å². The van der Waals surface area contributed by atoms with Crippen molar-refractivity contribution >= 4 is 34.2 Å². The molecule has 1 N–H and O–H groups in total. The molecule has 1 aromatic carbocycles. The van der Waals surface area contributed by atoms with Gasteiger partial charge < -0.3 is 14.4 Å². The number of anilines is 1. The maximum absolute atomic E-state index is 13.0. The minimum absolute atomic E-state index is 0.0456. The molecule has 2 aliphatic heterocycles. The Balaban J connectivity index is 1.60. The maximum atomic E-state index is 13.0. The molecule has 31 heavy (non-hydrogen) atoms. The Morgan fingerprint density at radius 2 is 2.13 bits per heavy atom. The smallest absolute Gasteiger partial charge is 0.475 e. The van der Waals surface area contributed by atoms with Crippen LogP contribution in [0.2, 0.25) is 5.02 Å². The highest BCUT2D eigenvalue weighted by molar-refractivity contribution is 7.86. The third kappa shape index (κ3) is 4.72. The first-order valence-corrected chi connectivity index (χ1v) is 10.8. The molecule has 1 saturated heterocycles. The highest BCUT2D eigenvalue weighted by atomic mass is 35.5. The van der Waals surface area contributed by atoms with Gasteiger partial charge in [0, 0.05) is 11.6 Å². The monoisotopic (exact) mass is 475 g/mol. The van der Waals surface area contributed by atoms with Crippen LogP contribution in [0.25, 0.3) is 0 Å². The van der Waals surface area contributed by atoms with Crippen molar-refractivity contribution in [3.63, 3.8) is 0 Å². The molecule has 166 valence electrons. The zero-order chi connectivity index (χ0) is 22.3. The standard InChI is InChI=1S/C19H17ClF3N3O4S/c1-10-4-13-9-29-17-14(18(27)26(13)8-10)6-12(7-24-17)25-31(28)16-5-11(20)2-3-15(16)30-19(21,22)23/h2-3,5-7,10,13,25H,4,8-9H2,1H3/t10-,13+,31?/m0/s1. The van der Waals surface area contributed by atoms with E-state index in [1.54, 1.807) is 4.90 Å². The van der Waals surface area contributed by atoms with E-state index in [0.717, 1.165) is 18.6 Å². The number of fused-ring (bicyclic) bond motifs is 2. The van der Waals surface area contributed by atoms with Gasteiger partial charge >= 0.3 is 6.36 Å². The Hall–Kier alpha value is -2.53. The second-order valence-corrected chi connectivity index (χ2v) is 8.97. The van der Waals surface area contributed by atoms with Crippen molar-refractivity contribution in [1.29, 1.82) is 0 Å². The summed E-state index contributed by atoms with van der Waals surface area (Å²) in [7, 11) is -2.18. The summed E-state index contributed by atoms with van der Waals surface area (Å²) >= 11 is 5.85. The molecule has 0 bridgehead atoms. The number of carbonyl (C=O) groups excluding carboxylic acids is 1. The summed E-state index contributed by atoms with van der Waals surface area (Å²) in [6, 6.07) is 4.65. The molecule has 7 nitrogen and oxygen atoms in total. The lowest BCUT2D eigenvalue weighted by Gasteiger charge is -2.20. The number of aromatic nitrogens is 1. The number of ether oxygens (including phenoxy) is 2. The van der Waals surface area contributed by atoms with Crippen molar-refractivity contribution in [3.8, 4) is 11.6 Å². The first kappa shape index (κ1) is 21.7. The summed E-state index contributed by atoms with van der Waals surface area (Å²) in [6.07, 6.45) is -2.85. The fourth-order valence-electron chi connectivity index (χ4n) is 3.66. The number of pyridine rings is 1. The van der Waals surface area contributed by atoms with E-state index < -0.39 is 23.1 Å². The van der Waals surface area contributed by atoms with E-state index in [4.69, 9.17) is 16.3 Å². The van der Waals surface area contributed by atoms with Gasteiger partial charge in [-0.25, -0.2) is 9.19 Å².